The number of fused-ring (bicyclic) bond motifs is 2. The Morgan fingerprint density at radius 2 is 1.76 bits per heavy atom. The van der Waals surface area contributed by atoms with Gasteiger partial charge >= 0.3 is 0 Å². The van der Waals surface area contributed by atoms with Crippen molar-refractivity contribution in [3.05, 3.63) is 78.0 Å². The average Bonchev–Trinajstić information content (AvgIpc) is 3.72. The first-order valence-corrected chi connectivity index (χ1v) is 16.0. The molecule has 1 saturated heterocycles. The second-order valence-corrected chi connectivity index (χ2v) is 13.1. The van der Waals surface area contributed by atoms with Gasteiger partial charge in [0.05, 0.1) is 47.1 Å². The number of sulfonamides is 1. The van der Waals surface area contributed by atoms with Gasteiger partial charge in [0.15, 0.2) is 11.6 Å². The molecule has 0 spiro atoms. The van der Waals surface area contributed by atoms with Crippen LogP contribution in [0.3, 0.4) is 0 Å². The minimum Gasteiger partial charge on any atom is -0.335 e. The van der Waals surface area contributed by atoms with E-state index in [0.29, 0.717) is 44.4 Å². The summed E-state index contributed by atoms with van der Waals surface area (Å²) in [5.74, 6) is -3.77. The smallest absolute Gasteiger partial charge is 0.261 e. The second kappa shape index (κ2) is 11.2. The van der Waals surface area contributed by atoms with E-state index in [-0.39, 0.29) is 55.2 Å². The van der Waals surface area contributed by atoms with Crippen LogP contribution in [0.1, 0.15) is 17.5 Å². The van der Waals surface area contributed by atoms with Gasteiger partial charge in [-0.2, -0.15) is 5.10 Å². The monoisotopic (exact) mass is 651 g/mol. The molecular weight excluding hydrogens is 626 g/mol. The molecule has 0 unspecified atom stereocenters. The van der Waals surface area contributed by atoms with Gasteiger partial charge in [0.1, 0.15) is 17.2 Å². The van der Waals surface area contributed by atoms with E-state index < -0.39 is 27.6 Å². The lowest BCUT2D eigenvalue weighted by molar-refractivity contribution is 0.0115. The van der Waals surface area contributed by atoms with E-state index in [9.17, 15) is 21.6 Å². The molecule has 0 radical (unpaired) electrons. The highest BCUT2D eigenvalue weighted by atomic mass is 32.2. The molecule has 7 rings (SSSR count). The topological polar surface area (TPSA) is 145 Å². The number of aromatic amines is 2. The molecule has 236 valence electrons. The van der Waals surface area contributed by atoms with Gasteiger partial charge in [0.25, 0.3) is 5.92 Å². The molecule has 0 amide bonds. The standard InChI is InChI=1S/C30H25F4N9O2S/c1-46(44,45)38-9-16-4-18(7-20(31)6-16)21-11-36-12-23-27(21)40-29(39-23)28-24-22(41-42-28)13-37-26(25(24)32)19-5-17(8-35-10-19)14-43-3-2-30(33,34)15-43/h4-8,10-13,38H,2-3,9,14-15H2,1H3,(H,39,40)(H,41,42). The van der Waals surface area contributed by atoms with Crippen LogP contribution in [0.25, 0.3) is 55.8 Å². The van der Waals surface area contributed by atoms with Crippen LogP contribution in [-0.4, -0.2) is 73.7 Å². The van der Waals surface area contributed by atoms with Crippen molar-refractivity contribution >= 4 is 32.0 Å². The maximum atomic E-state index is 16.2. The minimum atomic E-state index is -3.50. The van der Waals surface area contributed by atoms with E-state index >= 15 is 4.39 Å². The lowest BCUT2D eigenvalue weighted by Crippen LogP contribution is -2.24. The fourth-order valence-electron chi connectivity index (χ4n) is 5.63. The zero-order chi connectivity index (χ0) is 32.2. The molecule has 6 aromatic rings. The molecule has 5 aromatic heterocycles. The van der Waals surface area contributed by atoms with Crippen molar-refractivity contribution in [2.75, 3.05) is 19.3 Å². The summed E-state index contributed by atoms with van der Waals surface area (Å²) in [7, 11) is -3.50. The molecule has 0 atom stereocenters. The Balaban J connectivity index is 1.25. The SMILES string of the molecule is CS(=O)(=O)NCc1cc(F)cc(-c2cncc3[nH]c(-c4n[nH]c5cnc(-c6cncc(CN7CCC(F)(F)C7)c6)c(F)c45)nc23)c1. The fourth-order valence-corrected chi connectivity index (χ4v) is 6.06. The number of alkyl halides is 2. The number of aromatic nitrogens is 7. The summed E-state index contributed by atoms with van der Waals surface area (Å²) in [5, 5.41) is 7.19. The zero-order valence-electron chi connectivity index (χ0n) is 24.2. The quantitative estimate of drug-likeness (QED) is 0.199. The predicted octanol–water partition coefficient (Wildman–Crippen LogP) is 4.79. The number of nitrogens with one attached hydrogen (secondary N) is 3. The van der Waals surface area contributed by atoms with Gasteiger partial charge in [0.2, 0.25) is 10.0 Å². The highest BCUT2D eigenvalue weighted by molar-refractivity contribution is 7.88. The molecule has 3 N–H and O–H groups in total. The number of likely N-dealkylation sites (tertiary alicyclic amines) is 1. The van der Waals surface area contributed by atoms with Crippen LogP contribution in [0.5, 0.6) is 0 Å². The third-order valence-corrected chi connectivity index (χ3v) is 8.36. The Labute approximate surface area is 259 Å². The van der Waals surface area contributed by atoms with Gasteiger partial charge in [0, 0.05) is 55.8 Å². The molecule has 16 heteroatoms. The maximum Gasteiger partial charge on any atom is 0.261 e. The first-order chi connectivity index (χ1) is 21.9. The summed E-state index contributed by atoms with van der Waals surface area (Å²) in [5.41, 5.74) is 3.65. The largest absolute Gasteiger partial charge is 0.335 e. The third-order valence-electron chi connectivity index (χ3n) is 7.69. The number of imidazole rings is 1. The highest BCUT2D eigenvalue weighted by Crippen LogP contribution is 2.35. The van der Waals surface area contributed by atoms with Gasteiger partial charge in [-0.1, -0.05) is 0 Å². The Morgan fingerprint density at radius 3 is 2.54 bits per heavy atom. The number of hydrogen-bond acceptors (Lipinski definition) is 8. The van der Waals surface area contributed by atoms with Crippen molar-refractivity contribution in [2.45, 2.75) is 25.4 Å². The molecular formula is C30H25F4N9O2S. The molecule has 11 nitrogen and oxygen atoms in total. The van der Waals surface area contributed by atoms with E-state index in [1.54, 1.807) is 23.2 Å². The van der Waals surface area contributed by atoms with E-state index in [1.807, 2.05) is 0 Å². The van der Waals surface area contributed by atoms with E-state index in [0.717, 1.165) is 6.26 Å². The number of halogens is 4. The first kappa shape index (κ1) is 29.9. The Hall–Kier alpha value is -4.80. The van der Waals surface area contributed by atoms with Crippen LogP contribution < -0.4 is 4.72 Å². The lowest BCUT2D eigenvalue weighted by Gasteiger charge is -2.15. The number of nitrogens with zero attached hydrogens (tertiary/aromatic N) is 6. The molecule has 1 fully saturated rings. The minimum absolute atomic E-state index is 0.00436. The third kappa shape index (κ3) is 5.93. The maximum absolute atomic E-state index is 16.2. The van der Waals surface area contributed by atoms with Crippen LogP contribution in [0.2, 0.25) is 0 Å². The van der Waals surface area contributed by atoms with Gasteiger partial charge in [-0.05, 0) is 41.0 Å². The molecule has 1 aliphatic heterocycles. The number of pyridine rings is 3. The molecule has 0 saturated carbocycles. The van der Waals surface area contributed by atoms with Gasteiger partial charge in [-0.25, -0.2) is 35.7 Å². The normalized spacial score (nSPS) is 15.3. The van der Waals surface area contributed by atoms with Gasteiger partial charge in [-0.15, -0.1) is 0 Å². The first-order valence-electron chi connectivity index (χ1n) is 14.1. The summed E-state index contributed by atoms with van der Waals surface area (Å²) in [6, 6.07) is 5.82. The van der Waals surface area contributed by atoms with Crippen LogP contribution in [0, 0.1) is 11.6 Å². The number of hydrogen-bond donors (Lipinski definition) is 3. The molecule has 1 aliphatic rings. The van der Waals surface area contributed by atoms with E-state index in [2.05, 4.69) is 39.8 Å². The number of rotatable bonds is 8. The van der Waals surface area contributed by atoms with Crippen molar-refractivity contribution in [2.24, 2.45) is 0 Å². The number of H-pyrrole nitrogens is 2. The Kier molecular flexibility index (Phi) is 7.29. The van der Waals surface area contributed by atoms with Crippen LogP contribution in [-0.2, 0) is 23.1 Å². The van der Waals surface area contributed by atoms with Crippen molar-refractivity contribution in [3.63, 3.8) is 0 Å². The van der Waals surface area contributed by atoms with Crippen LogP contribution >= 0.6 is 0 Å². The molecule has 46 heavy (non-hydrogen) atoms. The van der Waals surface area contributed by atoms with Crippen molar-refractivity contribution < 1.29 is 26.0 Å². The van der Waals surface area contributed by atoms with Crippen molar-refractivity contribution in [1.29, 1.82) is 0 Å². The summed E-state index contributed by atoms with van der Waals surface area (Å²) >= 11 is 0. The van der Waals surface area contributed by atoms with Crippen LogP contribution in [0.4, 0.5) is 17.6 Å². The van der Waals surface area contributed by atoms with Crippen LogP contribution in [0.15, 0.2) is 55.2 Å². The van der Waals surface area contributed by atoms with E-state index in [4.69, 9.17) is 0 Å². The lowest BCUT2D eigenvalue weighted by atomic mass is 10.0. The summed E-state index contributed by atoms with van der Waals surface area (Å²) in [6.45, 7) is 0.0430. The van der Waals surface area contributed by atoms with Gasteiger partial charge < -0.3 is 4.98 Å². The van der Waals surface area contributed by atoms with Crippen molar-refractivity contribution in [1.82, 2.24) is 44.7 Å². The summed E-state index contributed by atoms with van der Waals surface area (Å²) in [6.07, 6.45) is 8.28. The Morgan fingerprint density at radius 1 is 0.957 bits per heavy atom. The fraction of sp³-hybridized carbons (Fsp3) is 0.233. The molecule has 0 bridgehead atoms. The molecule has 6 heterocycles. The molecule has 0 aliphatic carbocycles. The Bertz CT molecular complexity index is 2240. The zero-order valence-corrected chi connectivity index (χ0v) is 25.0. The summed E-state index contributed by atoms with van der Waals surface area (Å²) < 4.78 is 83.6. The second-order valence-electron chi connectivity index (χ2n) is 11.3. The predicted molar refractivity (Wildman–Crippen MR) is 162 cm³/mol. The van der Waals surface area contributed by atoms with Crippen molar-refractivity contribution in [3.8, 4) is 33.9 Å². The van der Waals surface area contributed by atoms with Gasteiger partial charge in [-0.3, -0.25) is 25.0 Å². The molecule has 1 aromatic carbocycles. The average molecular weight is 652 g/mol. The summed E-state index contributed by atoms with van der Waals surface area (Å²) in [4.78, 5) is 22.1. The van der Waals surface area contributed by atoms with E-state index in [1.165, 1.54) is 36.9 Å². The number of benzene rings is 1. The highest BCUT2D eigenvalue weighted by Gasteiger charge is 2.38.